The van der Waals surface area contributed by atoms with Gasteiger partial charge in [0.1, 0.15) is 5.75 Å². The Bertz CT molecular complexity index is 1180. The zero-order valence-electron chi connectivity index (χ0n) is 19.5. The SMILES string of the molecule is CCOc1ccc(C2(CNC(=O)c3nn(C(C)C)c(=O)c4ccccc34)CCOCC2)cc1. The predicted molar refractivity (Wildman–Crippen MR) is 128 cm³/mol. The summed E-state index contributed by atoms with van der Waals surface area (Å²) in [7, 11) is 0. The zero-order valence-corrected chi connectivity index (χ0v) is 19.5. The highest BCUT2D eigenvalue weighted by Gasteiger charge is 2.35. The molecule has 2 heterocycles. The Kier molecular flexibility index (Phi) is 6.79. The highest BCUT2D eigenvalue weighted by Crippen LogP contribution is 2.35. The van der Waals surface area contributed by atoms with Crippen LogP contribution in [0, 0.1) is 0 Å². The van der Waals surface area contributed by atoms with Crippen molar-refractivity contribution in [2.24, 2.45) is 0 Å². The minimum absolute atomic E-state index is 0.153. The van der Waals surface area contributed by atoms with Crippen molar-refractivity contribution < 1.29 is 14.3 Å². The quantitative estimate of drug-likeness (QED) is 0.592. The number of ether oxygens (including phenoxy) is 2. The lowest BCUT2D eigenvalue weighted by molar-refractivity contribution is 0.0486. The number of carbonyl (C=O) groups excluding carboxylic acids is 1. The first-order chi connectivity index (χ1) is 15.9. The standard InChI is InChI=1S/C26H31N3O4/c1-4-33-20-11-9-19(10-12-20)26(13-15-32-16-14-26)17-27-24(30)23-21-7-5-6-8-22(21)25(31)29(28-23)18(2)3/h5-12,18H,4,13-17H2,1-3H3,(H,27,30). The molecule has 1 aliphatic rings. The molecule has 0 aliphatic carbocycles. The Morgan fingerprint density at radius 1 is 1.12 bits per heavy atom. The Balaban J connectivity index is 1.64. The molecule has 0 bridgehead atoms. The van der Waals surface area contributed by atoms with Crippen LogP contribution in [0.4, 0.5) is 0 Å². The number of amides is 1. The van der Waals surface area contributed by atoms with E-state index in [2.05, 4.69) is 22.5 Å². The largest absolute Gasteiger partial charge is 0.494 e. The molecule has 4 rings (SSSR count). The second-order valence-electron chi connectivity index (χ2n) is 8.77. The molecule has 0 atom stereocenters. The van der Waals surface area contributed by atoms with Crippen LogP contribution in [0.5, 0.6) is 5.75 Å². The predicted octanol–water partition coefficient (Wildman–Crippen LogP) is 3.85. The molecular formula is C26H31N3O4. The first-order valence-electron chi connectivity index (χ1n) is 11.6. The molecule has 1 aliphatic heterocycles. The van der Waals surface area contributed by atoms with Crippen LogP contribution in [0.2, 0.25) is 0 Å². The lowest BCUT2D eigenvalue weighted by Gasteiger charge is -2.38. The number of nitrogens with zero attached hydrogens (tertiary/aromatic N) is 2. The number of hydrogen-bond acceptors (Lipinski definition) is 5. The molecule has 1 amide bonds. The molecule has 0 unspecified atom stereocenters. The van der Waals surface area contributed by atoms with Gasteiger partial charge in [0, 0.05) is 30.6 Å². The van der Waals surface area contributed by atoms with Crippen molar-refractivity contribution in [3.05, 3.63) is 70.1 Å². The second-order valence-corrected chi connectivity index (χ2v) is 8.77. The summed E-state index contributed by atoms with van der Waals surface area (Å²) in [6.07, 6.45) is 1.61. The Labute approximate surface area is 193 Å². The Morgan fingerprint density at radius 2 is 1.79 bits per heavy atom. The van der Waals surface area contributed by atoms with Gasteiger partial charge < -0.3 is 14.8 Å². The summed E-state index contributed by atoms with van der Waals surface area (Å²) >= 11 is 0. The van der Waals surface area contributed by atoms with Crippen LogP contribution in [0.1, 0.15) is 55.7 Å². The van der Waals surface area contributed by atoms with E-state index in [1.54, 1.807) is 18.2 Å². The summed E-state index contributed by atoms with van der Waals surface area (Å²) < 4.78 is 12.6. The van der Waals surface area contributed by atoms with Gasteiger partial charge in [-0.2, -0.15) is 5.10 Å². The number of aromatic nitrogens is 2. The summed E-state index contributed by atoms with van der Waals surface area (Å²) in [6.45, 7) is 8.09. The normalized spacial score (nSPS) is 15.5. The van der Waals surface area contributed by atoms with E-state index in [0.29, 0.717) is 37.1 Å². The van der Waals surface area contributed by atoms with E-state index < -0.39 is 0 Å². The summed E-state index contributed by atoms with van der Waals surface area (Å²) in [5.41, 5.74) is 1.00. The maximum atomic E-state index is 13.4. The van der Waals surface area contributed by atoms with Crippen molar-refractivity contribution in [2.45, 2.75) is 45.1 Å². The number of nitrogens with one attached hydrogen (secondary N) is 1. The van der Waals surface area contributed by atoms with Crippen molar-refractivity contribution in [1.29, 1.82) is 0 Å². The second kappa shape index (κ2) is 9.75. The first-order valence-corrected chi connectivity index (χ1v) is 11.6. The van der Waals surface area contributed by atoms with Crippen LogP contribution < -0.4 is 15.6 Å². The first kappa shape index (κ1) is 23.0. The molecule has 0 radical (unpaired) electrons. The summed E-state index contributed by atoms with van der Waals surface area (Å²) in [5, 5.41) is 8.63. The zero-order chi connectivity index (χ0) is 23.4. The molecule has 7 nitrogen and oxygen atoms in total. The van der Waals surface area contributed by atoms with E-state index in [1.165, 1.54) is 4.68 Å². The van der Waals surface area contributed by atoms with Gasteiger partial charge in [0.15, 0.2) is 5.69 Å². The van der Waals surface area contributed by atoms with Crippen LogP contribution in [0.3, 0.4) is 0 Å². The number of fused-ring (bicyclic) bond motifs is 1. The van der Waals surface area contributed by atoms with E-state index in [4.69, 9.17) is 9.47 Å². The molecule has 0 spiro atoms. The van der Waals surface area contributed by atoms with Crippen molar-refractivity contribution >= 4 is 16.7 Å². The van der Waals surface area contributed by atoms with Gasteiger partial charge in [0.2, 0.25) is 0 Å². The van der Waals surface area contributed by atoms with Crippen molar-refractivity contribution in [3.8, 4) is 5.75 Å². The third-order valence-corrected chi connectivity index (χ3v) is 6.35. The van der Waals surface area contributed by atoms with Crippen molar-refractivity contribution in [2.75, 3.05) is 26.4 Å². The molecule has 7 heteroatoms. The van der Waals surface area contributed by atoms with Crippen LogP contribution >= 0.6 is 0 Å². The van der Waals surface area contributed by atoms with Crippen molar-refractivity contribution in [1.82, 2.24) is 15.1 Å². The average molecular weight is 450 g/mol. The van der Waals surface area contributed by atoms with Gasteiger partial charge in [0.05, 0.1) is 18.0 Å². The molecule has 1 aromatic heterocycles. The molecule has 174 valence electrons. The fourth-order valence-corrected chi connectivity index (χ4v) is 4.46. The summed E-state index contributed by atoms with van der Waals surface area (Å²) in [4.78, 5) is 26.2. The fraction of sp³-hybridized carbons (Fsp3) is 0.423. The minimum atomic E-state index is -0.280. The minimum Gasteiger partial charge on any atom is -0.494 e. The van der Waals surface area contributed by atoms with Gasteiger partial charge in [0.25, 0.3) is 11.5 Å². The number of hydrogen-bond donors (Lipinski definition) is 1. The lowest BCUT2D eigenvalue weighted by Crippen LogP contribution is -2.45. The Hall–Kier alpha value is -3.19. The fourth-order valence-electron chi connectivity index (χ4n) is 4.46. The van der Waals surface area contributed by atoms with Crippen LogP contribution in [-0.2, 0) is 10.2 Å². The third-order valence-electron chi connectivity index (χ3n) is 6.35. The van der Waals surface area contributed by atoms with Gasteiger partial charge in [-0.3, -0.25) is 9.59 Å². The van der Waals surface area contributed by atoms with E-state index in [9.17, 15) is 9.59 Å². The molecule has 2 aromatic carbocycles. The monoisotopic (exact) mass is 449 g/mol. The molecular weight excluding hydrogens is 418 g/mol. The van der Waals surface area contributed by atoms with Crippen molar-refractivity contribution in [3.63, 3.8) is 0 Å². The molecule has 0 saturated carbocycles. The maximum Gasteiger partial charge on any atom is 0.274 e. The molecule has 1 N–H and O–H groups in total. The van der Waals surface area contributed by atoms with Gasteiger partial charge in [-0.15, -0.1) is 0 Å². The number of benzene rings is 2. The molecule has 1 saturated heterocycles. The lowest BCUT2D eigenvalue weighted by atomic mass is 9.74. The summed E-state index contributed by atoms with van der Waals surface area (Å²) in [6, 6.07) is 15.1. The number of carbonyl (C=O) groups is 1. The topological polar surface area (TPSA) is 82.5 Å². The van der Waals surface area contributed by atoms with E-state index in [-0.39, 0.29) is 28.6 Å². The smallest absolute Gasteiger partial charge is 0.274 e. The van der Waals surface area contributed by atoms with Crippen LogP contribution in [0.25, 0.3) is 10.8 Å². The third kappa shape index (κ3) is 4.64. The van der Waals surface area contributed by atoms with Gasteiger partial charge in [-0.1, -0.05) is 30.3 Å². The average Bonchev–Trinajstić information content (AvgIpc) is 2.84. The van der Waals surface area contributed by atoms with Gasteiger partial charge >= 0.3 is 0 Å². The molecule has 3 aromatic rings. The Morgan fingerprint density at radius 3 is 2.42 bits per heavy atom. The van der Waals surface area contributed by atoms with Crippen LogP contribution in [-0.4, -0.2) is 42.1 Å². The van der Waals surface area contributed by atoms with E-state index >= 15 is 0 Å². The van der Waals surface area contributed by atoms with Gasteiger partial charge in [-0.25, -0.2) is 4.68 Å². The molecule has 33 heavy (non-hydrogen) atoms. The maximum absolute atomic E-state index is 13.4. The van der Waals surface area contributed by atoms with E-state index in [0.717, 1.165) is 24.2 Å². The number of rotatable bonds is 7. The molecule has 1 fully saturated rings. The highest BCUT2D eigenvalue weighted by atomic mass is 16.5. The summed E-state index contributed by atoms with van der Waals surface area (Å²) in [5.74, 6) is 0.552. The van der Waals surface area contributed by atoms with E-state index in [1.807, 2.05) is 39.0 Å². The van der Waals surface area contributed by atoms with Gasteiger partial charge in [-0.05, 0) is 57.4 Å². The highest BCUT2D eigenvalue weighted by molar-refractivity contribution is 6.04. The van der Waals surface area contributed by atoms with Crippen LogP contribution in [0.15, 0.2) is 53.3 Å².